The molecule has 21 heavy (non-hydrogen) atoms. The molecule has 0 saturated heterocycles. The molecule has 1 aromatic heterocycles. The zero-order chi connectivity index (χ0) is 14.8. The number of aryl methyl sites for hydroxylation is 2. The Kier molecular flexibility index (Phi) is 3.79. The summed E-state index contributed by atoms with van der Waals surface area (Å²) >= 11 is 1.50. The van der Waals surface area contributed by atoms with E-state index in [4.69, 9.17) is 4.74 Å². The van der Waals surface area contributed by atoms with Crippen LogP contribution in [0.2, 0.25) is 0 Å². The van der Waals surface area contributed by atoms with E-state index in [-0.39, 0.29) is 5.91 Å². The van der Waals surface area contributed by atoms with Crippen molar-refractivity contribution in [1.82, 2.24) is 4.98 Å². The van der Waals surface area contributed by atoms with Crippen LogP contribution in [0.1, 0.15) is 10.6 Å². The first-order valence-corrected chi connectivity index (χ1v) is 7.66. The van der Waals surface area contributed by atoms with Crippen LogP contribution in [0.15, 0.2) is 24.3 Å². The first kappa shape index (κ1) is 13.9. The molecule has 2 aromatic rings. The van der Waals surface area contributed by atoms with Gasteiger partial charge in [0.25, 0.3) is 0 Å². The summed E-state index contributed by atoms with van der Waals surface area (Å²) in [4.78, 5) is 19.7. The molecular weight excluding hydrogens is 286 g/mol. The third-order valence-corrected chi connectivity index (χ3v) is 4.42. The van der Waals surface area contributed by atoms with Gasteiger partial charge in [-0.25, -0.2) is 4.98 Å². The van der Waals surface area contributed by atoms with Crippen molar-refractivity contribution in [3.8, 4) is 5.75 Å². The molecule has 2 heterocycles. The number of thiazole rings is 1. The molecule has 0 radical (unpaired) electrons. The standard InChI is InChI=1S/C15H17N3O2S/c1-10-11(2)21-15(16-10)17-14(19)9-18-7-8-20-13-6-4-3-5-12(13)18/h3-6H,7-9H2,1-2H3,(H,16,17,19). The van der Waals surface area contributed by atoms with Gasteiger partial charge < -0.3 is 15.0 Å². The number of fused-ring (bicyclic) bond motifs is 1. The molecular formula is C15H17N3O2S. The molecule has 3 rings (SSSR count). The second-order valence-corrected chi connectivity index (χ2v) is 6.15. The van der Waals surface area contributed by atoms with Gasteiger partial charge in [0.2, 0.25) is 5.91 Å². The summed E-state index contributed by atoms with van der Waals surface area (Å²) in [5.74, 6) is 0.776. The Morgan fingerprint density at radius 3 is 3.00 bits per heavy atom. The van der Waals surface area contributed by atoms with Crippen LogP contribution in [-0.2, 0) is 4.79 Å². The molecule has 1 N–H and O–H groups in total. The van der Waals surface area contributed by atoms with Crippen LogP contribution in [0.3, 0.4) is 0 Å². The van der Waals surface area contributed by atoms with Crippen molar-refractivity contribution in [2.24, 2.45) is 0 Å². The van der Waals surface area contributed by atoms with Crippen LogP contribution in [0.25, 0.3) is 0 Å². The maximum atomic E-state index is 12.2. The fraction of sp³-hybridized carbons (Fsp3) is 0.333. The maximum Gasteiger partial charge on any atom is 0.245 e. The summed E-state index contributed by atoms with van der Waals surface area (Å²) in [5.41, 5.74) is 1.93. The molecule has 5 nitrogen and oxygen atoms in total. The first-order chi connectivity index (χ1) is 10.1. The summed E-state index contributed by atoms with van der Waals surface area (Å²) in [7, 11) is 0. The minimum absolute atomic E-state index is 0.0551. The Hall–Kier alpha value is -2.08. The van der Waals surface area contributed by atoms with Gasteiger partial charge in [0.15, 0.2) is 5.13 Å². The third kappa shape index (κ3) is 3.00. The lowest BCUT2D eigenvalue weighted by Gasteiger charge is -2.30. The van der Waals surface area contributed by atoms with Crippen molar-refractivity contribution in [2.45, 2.75) is 13.8 Å². The first-order valence-electron chi connectivity index (χ1n) is 6.84. The lowest BCUT2D eigenvalue weighted by Crippen LogP contribution is -2.38. The quantitative estimate of drug-likeness (QED) is 0.947. The zero-order valence-corrected chi connectivity index (χ0v) is 12.9. The van der Waals surface area contributed by atoms with E-state index in [1.54, 1.807) is 0 Å². The van der Waals surface area contributed by atoms with Gasteiger partial charge in [0.1, 0.15) is 12.4 Å². The number of nitrogens with zero attached hydrogens (tertiary/aromatic N) is 2. The van der Waals surface area contributed by atoms with Gasteiger partial charge in [-0.15, -0.1) is 11.3 Å². The van der Waals surface area contributed by atoms with Gasteiger partial charge in [-0.2, -0.15) is 0 Å². The van der Waals surface area contributed by atoms with Crippen molar-refractivity contribution < 1.29 is 9.53 Å². The Bertz CT molecular complexity index is 649. The number of anilines is 2. The van der Waals surface area contributed by atoms with E-state index in [1.807, 2.05) is 43.0 Å². The molecule has 0 saturated carbocycles. The Morgan fingerprint density at radius 1 is 1.43 bits per heavy atom. The highest BCUT2D eigenvalue weighted by Crippen LogP contribution is 2.30. The highest BCUT2D eigenvalue weighted by atomic mass is 32.1. The van der Waals surface area contributed by atoms with Gasteiger partial charge >= 0.3 is 0 Å². The Balaban J connectivity index is 1.68. The van der Waals surface area contributed by atoms with E-state index in [9.17, 15) is 4.79 Å². The van der Waals surface area contributed by atoms with E-state index < -0.39 is 0 Å². The molecule has 0 spiro atoms. The van der Waals surface area contributed by atoms with Crippen molar-refractivity contribution >= 4 is 28.1 Å². The fourth-order valence-electron chi connectivity index (χ4n) is 2.25. The molecule has 0 bridgehead atoms. The Labute approximate surface area is 127 Å². The van der Waals surface area contributed by atoms with Gasteiger partial charge in [0.05, 0.1) is 24.5 Å². The predicted octanol–water partition coefficient (Wildman–Crippen LogP) is 2.60. The number of nitrogens with one attached hydrogen (secondary N) is 1. The largest absolute Gasteiger partial charge is 0.490 e. The minimum atomic E-state index is -0.0551. The summed E-state index contributed by atoms with van der Waals surface area (Å²) < 4.78 is 5.59. The van der Waals surface area contributed by atoms with Crippen LogP contribution in [0.5, 0.6) is 5.75 Å². The summed E-state index contributed by atoms with van der Waals surface area (Å²) in [6.07, 6.45) is 0. The van der Waals surface area contributed by atoms with E-state index in [2.05, 4.69) is 10.3 Å². The Morgan fingerprint density at radius 2 is 2.24 bits per heavy atom. The van der Waals surface area contributed by atoms with Crippen LogP contribution < -0.4 is 15.0 Å². The van der Waals surface area contributed by atoms with Crippen molar-refractivity contribution in [1.29, 1.82) is 0 Å². The normalized spacial score (nSPS) is 13.5. The fourth-order valence-corrected chi connectivity index (χ4v) is 3.08. The van der Waals surface area contributed by atoms with Crippen molar-refractivity contribution in [3.63, 3.8) is 0 Å². The van der Waals surface area contributed by atoms with Gasteiger partial charge in [-0.05, 0) is 26.0 Å². The van der Waals surface area contributed by atoms with E-state index in [1.165, 1.54) is 11.3 Å². The van der Waals surface area contributed by atoms with Crippen LogP contribution in [0, 0.1) is 13.8 Å². The smallest absolute Gasteiger partial charge is 0.245 e. The van der Waals surface area contributed by atoms with Crippen molar-refractivity contribution in [3.05, 3.63) is 34.8 Å². The maximum absolute atomic E-state index is 12.2. The molecule has 0 unspecified atom stereocenters. The molecule has 0 fully saturated rings. The van der Waals surface area contributed by atoms with E-state index >= 15 is 0 Å². The van der Waals surface area contributed by atoms with Gasteiger partial charge in [-0.3, -0.25) is 4.79 Å². The van der Waals surface area contributed by atoms with Crippen LogP contribution >= 0.6 is 11.3 Å². The number of para-hydroxylation sites is 2. The van der Waals surface area contributed by atoms with Crippen LogP contribution in [0.4, 0.5) is 10.8 Å². The number of hydrogen-bond donors (Lipinski definition) is 1. The lowest BCUT2D eigenvalue weighted by atomic mass is 10.2. The molecule has 1 aliphatic heterocycles. The van der Waals surface area contributed by atoms with E-state index in [0.717, 1.165) is 22.0 Å². The summed E-state index contributed by atoms with van der Waals surface area (Å²) in [6.45, 7) is 5.55. The lowest BCUT2D eigenvalue weighted by molar-refractivity contribution is -0.115. The van der Waals surface area contributed by atoms with E-state index in [0.29, 0.717) is 24.8 Å². The second kappa shape index (κ2) is 5.73. The average molecular weight is 303 g/mol. The number of hydrogen-bond acceptors (Lipinski definition) is 5. The SMILES string of the molecule is Cc1nc(NC(=O)CN2CCOc3ccccc32)sc1C. The molecule has 1 amide bonds. The number of carbonyl (C=O) groups excluding carboxylic acids is 1. The number of benzene rings is 1. The van der Waals surface area contributed by atoms with Gasteiger partial charge in [-0.1, -0.05) is 12.1 Å². The molecule has 110 valence electrons. The topological polar surface area (TPSA) is 54.5 Å². The number of ether oxygens (including phenoxy) is 1. The monoisotopic (exact) mass is 303 g/mol. The number of aromatic nitrogens is 1. The number of rotatable bonds is 3. The van der Waals surface area contributed by atoms with Crippen LogP contribution in [-0.4, -0.2) is 30.6 Å². The zero-order valence-electron chi connectivity index (χ0n) is 12.0. The van der Waals surface area contributed by atoms with Crippen molar-refractivity contribution in [2.75, 3.05) is 29.9 Å². The highest BCUT2D eigenvalue weighted by Gasteiger charge is 2.20. The predicted molar refractivity (Wildman–Crippen MR) is 84.4 cm³/mol. The summed E-state index contributed by atoms with van der Waals surface area (Å²) in [5, 5.41) is 3.53. The average Bonchev–Trinajstić information content (AvgIpc) is 2.77. The summed E-state index contributed by atoms with van der Waals surface area (Å²) in [6, 6.07) is 7.78. The molecule has 1 aromatic carbocycles. The second-order valence-electron chi connectivity index (χ2n) is 4.95. The third-order valence-electron chi connectivity index (χ3n) is 3.43. The highest BCUT2D eigenvalue weighted by molar-refractivity contribution is 7.15. The number of carbonyl (C=O) groups is 1. The van der Waals surface area contributed by atoms with Gasteiger partial charge in [0, 0.05) is 4.88 Å². The molecule has 1 aliphatic rings. The molecule has 6 heteroatoms. The molecule has 0 aliphatic carbocycles. The minimum Gasteiger partial charge on any atom is -0.490 e. The number of amides is 1. The molecule has 0 atom stereocenters.